The molecule has 3 aliphatic rings. The Balaban J connectivity index is 1.15. The van der Waals surface area contributed by atoms with Crippen molar-refractivity contribution >= 4 is 11.8 Å². The highest BCUT2D eigenvalue weighted by Crippen LogP contribution is 2.25. The molecule has 2 heterocycles. The minimum absolute atomic E-state index is 0.00502. The Morgan fingerprint density at radius 1 is 0.970 bits per heavy atom. The van der Waals surface area contributed by atoms with E-state index in [1.807, 2.05) is 32.0 Å². The topological polar surface area (TPSA) is 59.1 Å². The average Bonchev–Trinajstić information content (AvgIpc) is 2.78. The summed E-state index contributed by atoms with van der Waals surface area (Å²) in [6.45, 7) is 13.3. The Bertz CT molecular complexity index is 794. The predicted octanol–water partition coefficient (Wildman–Crippen LogP) is 1.68. The summed E-state index contributed by atoms with van der Waals surface area (Å²) in [5.41, 5.74) is 1.93. The zero-order valence-corrected chi connectivity index (χ0v) is 20.5. The van der Waals surface area contributed by atoms with Gasteiger partial charge in [0, 0.05) is 76.5 Å². The van der Waals surface area contributed by atoms with Crippen LogP contribution in [-0.4, -0.2) is 109 Å². The van der Waals surface area contributed by atoms with Gasteiger partial charge in [0.25, 0.3) is 5.91 Å². The molecule has 1 aliphatic carbocycles. The van der Waals surface area contributed by atoms with Crippen molar-refractivity contribution in [1.29, 1.82) is 0 Å². The normalized spacial score (nSPS) is 21.2. The first kappa shape index (κ1) is 24.2. The summed E-state index contributed by atoms with van der Waals surface area (Å²) >= 11 is 0. The first-order valence-corrected chi connectivity index (χ1v) is 12.8. The van der Waals surface area contributed by atoms with Crippen molar-refractivity contribution in [2.24, 2.45) is 0 Å². The Morgan fingerprint density at radius 2 is 1.67 bits per heavy atom. The van der Waals surface area contributed by atoms with E-state index in [1.165, 1.54) is 24.8 Å². The van der Waals surface area contributed by atoms with Gasteiger partial charge in [0.1, 0.15) is 0 Å². The van der Waals surface area contributed by atoms with Crippen molar-refractivity contribution in [3.63, 3.8) is 0 Å². The number of rotatable bonds is 8. The summed E-state index contributed by atoms with van der Waals surface area (Å²) in [7, 11) is 0. The largest absolute Gasteiger partial charge is 0.350 e. The minimum Gasteiger partial charge on any atom is -0.350 e. The number of carbonyl (C=O) groups excluding carboxylic acids is 2. The molecule has 2 amide bonds. The van der Waals surface area contributed by atoms with E-state index in [-0.39, 0.29) is 11.9 Å². The van der Waals surface area contributed by atoms with Gasteiger partial charge >= 0.3 is 0 Å². The van der Waals surface area contributed by atoms with Crippen LogP contribution >= 0.6 is 0 Å². The van der Waals surface area contributed by atoms with Gasteiger partial charge < -0.3 is 15.1 Å². The van der Waals surface area contributed by atoms with Crippen molar-refractivity contribution in [2.75, 3.05) is 65.4 Å². The Morgan fingerprint density at radius 3 is 2.30 bits per heavy atom. The summed E-state index contributed by atoms with van der Waals surface area (Å²) in [6, 6.07) is 8.89. The van der Waals surface area contributed by atoms with Crippen LogP contribution in [0.4, 0.5) is 0 Å². The zero-order valence-electron chi connectivity index (χ0n) is 20.5. The Labute approximate surface area is 199 Å². The average molecular weight is 456 g/mol. The molecule has 1 N–H and O–H groups in total. The fourth-order valence-corrected chi connectivity index (χ4v) is 5.05. The van der Waals surface area contributed by atoms with Crippen LogP contribution in [0.2, 0.25) is 0 Å². The van der Waals surface area contributed by atoms with Crippen molar-refractivity contribution < 1.29 is 9.59 Å². The number of amides is 2. The summed E-state index contributed by atoms with van der Waals surface area (Å²) in [5.74, 6) is 0.294. The molecule has 0 aromatic heterocycles. The number of nitrogens with one attached hydrogen (secondary N) is 1. The monoisotopic (exact) mass is 455 g/mol. The first-order chi connectivity index (χ1) is 16.0. The molecule has 0 atom stereocenters. The second-order valence-corrected chi connectivity index (χ2v) is 10.2. The van der Waals surface area contributed by atoms with Gasteiger partial charge in [0.15, 0.2) is 0 Å². The number of nitrogens with zero attached hydrogens (tertiary/aromatic N) is 4. The number of piperazine rings is 2. The zero-order chi connectivity index (χ0) is 23.2. The molecular formula is C26H41N5O2. The van der Waals surface area contributed by atoms with E-state index in [2.05, 4.69) is 31.0 Å². The van der Waals surface area contributed by atoms with Gasteiger partial charge in [0.2, 0.25) is 5.91 Å². The highest BCUT2D eigenvalue weighted by Gasteiger charge is 2.30. The van der Waals surface area contributed by atoms with Gasteiger partial charge in [-0.05, 0) is 50.8 Å². The highest BCUT2D eigenvalue weighted by atomic mass is 16.2. The molecule has 1 aromatic rings. The predicted molar refractivity (Wildman–Crippen MR) is 131 cm³/mol. The molecule has 33 heavy (non-hydrogen) atoms. The summed E-state index contributed by atoms with van der Waals surface area (Å²) < 4.78 is 0. The number of hydrogen-bond acceptors (Lipinski definition) is 5. The quantitative estimate of drug-likeness (QED) is 0.646. The van der Waals surface area contributed by atoms with Gasteiger partial charge in [-0.2, -0.15) is 0 Å². The second kappa shape index (κ2) is 11.4. The standard InChI is InChI=1S/C26H41N5O2/c1-21(2)27-26(33)23-6-3-5-22(19-23)9-10-28-11-13-29(14-12-28)20-25(32)31-17-15-30(16-18-31)24-7-4-8-24/h3,5-6,19,21,24H,4,7-18,20H2,1-2H3,(H,27,33). The highest BCUT2D eigenvalue weighted by molar-refractivity contribution is 5.94. The lowest BCUT2D eigenvalue weighted by atomic mass is 9.91. The third-order valence-corrected chi connectivity index (χ3v) is 7.41. The number of benzene rings is 1. The summed E-state index contributed by atoms with van der Waals surface area (Å²) in [5, 5.41) is 2.96. The van der Waals surface area contributed by atoms with E-state index < -0.39 is 0 Å². The lowest BCUT2D eigenvalue weighted by Gasteiger charge is -2.43. The molecule has 1 aromatic carbocycles. The molecule has 3 fully saturated rings. The fraction of sp³-hybridized carbons (Fsp3) is 0.692. The van der Waals surface area contributed by atoms with E-state index in [0.29, 0.717) is 12.5 Å². The van der Waals surface area contributed by atoms with E-state index in [4.69, 9.17) is 0 Å². The summed E-state index contributed by atoms with van der Waals surface area (Å²) in [4.78, 5) is 34.5. The second-order valence-electron chi connectivity index (χ2n) is 10.2. The Kier molecular flexibility index (Phi) is 8.39. The molecule has 7 heteroatoms. The van der Waals surface area contributed by atoms with E-state index in [9.17, 15) is 9.59 Å². The van der Waals surface area contributed by atoms with Crippen LogP contribution in [0, 0.1) is 0 Å². The van der Waals surface area contributed by atoms with Crippen molar-refractivity contribution in [2.45, 2.75) is 51.6 Å². The van der Waals surface area contributed by atoms with Crippen molar-refractivity contribution in [1.82, 2.24) is 24.9 Å². The van der Waals surface area contributed by atoms with Crippen molar-refractivity contribution in [3.05, 3.63) is 35.4 Å². The molecule has 0 spiro atoms. The maximum absolute atomic E-state index is 12.8. The van der Waals surface area contributed by atoms with Crippen LogP contribution in [-0.2, 0) is 11.2 Å². The molecule has 0 bridgehead atoms. The van der Waals surface area contributed by atoms with Crippen LogP contribution in [0.1, 0.15) is 49.0 Å². The third-order valence-electron chi connectivity index (χ3n) is 7.41. The minimum atomic E-state index is -0.00502. The first-order valence-electron chi connectivity index (χ1n) is 12.8. The van der Waals surface area contributed by atoms with E-state index in [0.717, 1.165) is 76.9 Å². The van der Waals surface area contributed by atoms with Crippen LogP contribution in [0.5, 0.6) is 0 Å². The molecule has 2 aliphatic heterocycles. The molecule has 2 saturated heterocycles. The lowest BCUT2D eigenvalue weighted by Crippen LogP contribution is -2.56. The van der Waals surface area contributed by atoms with Crippen LogP contribution < -0.4 is 5.32 Å². The van der Waals surface area contributed by atoms with Gasteiger partial charge in [-0.25, -0.2) is 0 Å². The van der Waals surface area contributed by atoms with Crippen LogP contribution in [0.25, 0.3) is 0 Å². The smallest absolute Gasteiger partial charge is 0.251 e. The molecule has 1 saturated carbocycles. The fourth-order valence-electron chi connectivity index (χ4n) is 5.05. The van der Waals surface area contributed by atoms with Crippen molar-refractivity contribution in [3.8, 4) is 0 Å². The number of hydrogen-bond donors (Lipinski definition) is 1. The van der Waals surface area contributed by atoms with E-state index >= 15 is 0 Å². The summed E-state index contributed by atoms with van der Waals surface area (Å²) in [6.07, 6.45) is 5.00. The van der Waals surface area contributed by atoms with Crippen LogP contribution in [0.3, 0.4) is 0 Å². The molecule has 4 rings (SSSR count). The van der Waals surface area contributed by atoms with Crippen LogP contribution in [0.15, 0.2) is 24.3 Å². The number of carbonyl (C=O) groups is 2. The van der Waals surface area contributed by atoms with Gasteiger partial charge in [0.05, 0.1) is 6.54 Å². The lowest BCUT2D eigenvalue weighted by molar-refractivity contribution is -0.135. The molecule has 182 valence electrons. The van der Waals surface area contributed by atoms with Gasteiger partial charge in [-0.3, -0.25) is 19.4 Å². The molecule has 0 unspecified atom stereocenters. The van der Waals surface area contributed by atoms with E-state index in [1.54, 1.807) is 0 Å². The van der Waals surface area contributed by atoms with Gasteiger partial charge in [-0.15, -0.1) is 0 Å². The molecule has 7 nitrogen and oxygen atoms in total. The Hall–Kier alpha value is -1.96. The maximum Gasteiger partial charge on any atom is 0.251 e. The molecule has 0 radical (unpaired) electrons. The van der Waals surface area contributed by atoms with Gasteiger partial charge in [-0.1, -0.05) is 18.6 Å². The maximum atomic E-state index is 12.8. The third kappa shape index (κ3) is 6.78. The molecular weight excluding hydrogens is 414 g/mol. The SMILES string of the molecule is CC(C)NC(=O)c1cccc(CCN2CCN(CC(=O)N3CCN(C4CCC4)CC3)CC2)c1.